The molecule has 0 bridgehead atoms. The fraction of sp³-hybridized carbons (Fsp3) is 0.350. The molecular weight excluding hydrogens is 322 g/mol. The Hall–Kier alpha value is -2.00. The van der Waals surface area contributed by atoms with Crippen LogP contribution in [0.5, 0.6) is 5.75 Å². The summed E-state index contributed by atoms with van der Waals surface area (Å²) in [5, 5.41) is 3.53. The molecule has 0 fully saturated rings. The van der Waals surface area contributed by atoms with Crippen molar-refractivity contribution in [1.82, 2.24) is 5.32 Å². The van der Waals surface area contributed by atoms with Crippen molar-refractivity contribution in [2.45, 2.75) is 39.2 Å². The van der Waals surface area contributed by atoms with Crippen molar-refractivity contribution in [3.8, 4) is 5.75 Å². The zero-order valence-corrected chi connectivity index (χ0v) is 14.8. The lowest BCUT2D eigenvalue weighted by Crippen LogP contribution is -2.22. The average Bonchev–Trinajstić information content (AvgIpc) is 2.61. The number of nitrogens with one attached hydrogen (secondary N) is 1. The van der Waals surface area contributed by atoms with Gasteiger partial charge in [-0.25, -0.2) is 0 Å². The van der Waals surface area contributed by atoms with Gasteiger partial charge in [0.2, 0.25) is 0 Å². The van der Waals surface area contributed by atoms with Crippen molar-refractivity contribution < 1.29 is 9.53 Å². The summed E-state index contributed by atoms with van der Waals surface area (Å²) < 4.78 is 5.68. The number of ether oxygens (including phenoxy) is 1. The van der Waals surface area contributed by atoms with Gasteiger partial charge in [-0.15, -0.1) is 0 Å². The van der Waals surface area contributed by atoms with Crippen LogP contribution < -0.4 is 10.1 Å². The first-order valence-corrected chi connectivity index (χ1v) is 8.83. The Morgan fingerprint density at radius 3 is 2.50 bits per heavy atom. The van der Waals surface area contributed by atoms with Crippen LogP contribution in [-0.4, -0.2) is 12.5 Å². The normalized spacial score (nSPS) is 10.4. The maximum atomic E-state index is 12.2. The minimum atomic E-state index is -0.121. The highest BCUT2D eigenvalue weighted by molar-refractivity contribution is 6.31. The highest BCUT2D eigenvalue weighted by Crippen LogP contribution is 2.16. The molecule has 4 heteroatoms. The van der Waals surface area contributed by atoms with Gasteiger partial charge in [0, 0.05) is 17.1 Å². The minimum absolute atomic E-state index is 0.121. The Morgan fingerprint density at radius 2 is 1.79 bits per heavy atom. The third kappa shape index (κ3) is 5.89. The van der Waals surface area contributed by atoms with Crippen molar-refractivity contribution in [3.63, 3.8) is 0 Å². The smallest absolute Gasteiger partial charge is 0.251 e. The quantitative estimate of drug-likeness (QED) is 0.632. The molecule has 0 aliphatic carbocycles. The predicted molar refractivity (Wildman–Crippen MR) is 98.7 cm³/mol. The summed E-state index contributed by atoms with van der Waals surface area (Å²) in [5.41, 5.74) is 1.51. The summed E-state index contributed by atoms with van der Waals surface area (Å²) in [6.07, 6.45) is 4.72. The Labute approximate surface area is 149 Å². The number of hydrogen-bond donors (Lipinski definition) is 1. The van der Waals surface area contributed by atoms with E-state index in [2.05, 4.69) is 12.2 Å². The van der Waals surface area contributed by atoms with E-state index in [1.807, 2.05) is 36.4 Å². The van der Waals surface area contributed by atoms with Crippen LogP contribution in [0.15, 0.2) is 48.5 Å². The van der Waals surface area contributed by atoms with Gasteiger partial charge >= 0.3 is 0 Å². The Bertz CT molecular complexity index is 640. The molecule has 0 aromatic heterocycles. The molecule has 0 heterocycles. The zero-order valence-electron chi connectivity index (χ0n) is 14.1. The number of rotatable bonds is 9. The summed E-state index contributed by atoms with van der Waals surface area (Å²) in [5.74, 6) is 0.679. The molecule has 0 radical (unpaired) electrons. The van der Waals surface area contributed by atoms with Crippen molar-refractivity contribution in [2.75, 3.05) is 6.61 Å². The second kappa shape index (κ2) is 9.99. The van der Waals surface area contributed by atoms with E-state index in [1.165, 1.54) is 19.3 Å². The first-order chi connectivity index (χ1) is 11.7. The van der Waals surface area contributed by atoms with Crippen LogP contribution in [0, 0.1) is 0 Å². The number of benzene rings is 2. The van der Waals surface area contributed by atoms with Gasteiger partial charge in [0.15, 0.2) is 0 Å². The molecular formula is C20H24ClNO2. The fourth-order valence-electron chi connectivity index (χ4n) is 2.34. The molecule has 3 nitrogen and oxygen atoms in total. The SMILES string of the molecule is CCCCCCOc1ccc(C(=O)NCc2ccccc2Cl)cc1. The van der Waals surface area contributed by atoms with E-state index < -0.39 is 0 Å². The van der Waals surface area contributed by atoms with Crippen LogP contribution in [0.3, 0.4) is 0 Å². The maximum Gasteiger partial charge on any atom is 0.251 e. The molecule has 24 heavy (non-hydrogen) atoms. The van der Waals surface area contributed by atoms with E-state index in [0.717, 1.165) is 24.3 Å². The number of amides is 1. The molecule has 0 spiro atoms. The molecule has 1 amide bonds. The van der Waals surface area contributed by atoms with E-state index in [1.54, 1.807) is 12.1 Å². The molecule has 2 aromatic carbocycles. The molecule has 0 aliphatic heterocycles. The van der Waals surface area contributed by atoms with Gasteiger partial charge in [0.1, 0.15) is 5.75 Å². The number of hydrogen-bond acceptors (Lipinski definition) is 2. The highest BCUT2D eigenvalue weighted by atomic mass is 35.5. The molecule has 0 saturated carbocycles. The lowest BCUT2D eigenvalue weighted by molar-refractivity contribution is 0.0951. The molecule has 128 valence electrons. The zero-order chi connectivity index (χ0) is 17.2. The number of carbonyl (C=O) groups excluding carboxylic acids is 1. The minimum Gasteiger partial charge on any atom is -0.494 e. The van der Waals surface area contributed by atoms with Crippen LogP contribution in [-0.2, 0) is 6.54 Å². The standard InChI is InChI=1S/C20H24ClNO2/c1-2-3-4-7-14-24-18-12-10-16(11-13-18)20(23)22-15-17-8-5-6-9-19(17)21/h5-6,8-13H,2-4,7,14-15H2,1H3,(H,22,23). The van der Waals surface area contributed by atoms with Gasteiger partial charge in [-0.2, -0.15) is 0 Å². The maximum absolute atomic E-state index is 12.2. The molecule has 0 saturated heterocycles. The lowest BCUT2D eigenvalue weighted by atomic mass is 10.2. The Morgan fingerprint density at radius 1 is 1.04 bits per heavy atom. The van der Waals surface area contributed by atoms with Gasteiger partial charge in [-0.05, 0) is 42.3 Å². The number of carbonyl (C=O) groups is 1. The van der Waals surface area contributed by atoms with E-state index in [9.17, 15) is 4.79 Å². The molecule has 0 atom stereocenters. The van der Waals surface area contributed by atoms with Crippen LogP contribution in [0.25, 0.3) is 0 Å². The van der Waals surface area contributed by atoms with Crippen LogP contribution >= 0.6 is 11.6 Å². The predicted octanol–water partition coefficient (Wildman–Crippen LogP) is 5.23. The molecule has 0 unspecified atom stereocenters. The summed E-state index contributed by atoms with van der Waals surface area (Å²) in [6.45, 7) is 3.32. The summed E-state index contributed by atoms with van der Waals surface area (Å²) in [6, 6.07) is 14.7. The van der Waals surface area contributed by atoms with Gasteiger partial charge in [-0.3, -0.25) is 4.79 Å². The topological polar surface area (TPSA) is 38.3 Å². The number of halogens is 1. The monoisotopic (exact) mass is 345 g/mol. The van der Waals surface area contributed by atoms with E-state index in [0.29, 0.717) is 17.1 Å². The van der Waals surface area contributed by atoms with Crippen LogP contribution in [0.2, 0.25) is 5.02 Å². The van der Waals surface area contributed by atoms with E-state index >= 15 is 0 Å². The summed E-state index contributed by atoms with van der Waals surface area (Å²) in [4.78, 5) is 12.2. The van der Waals surface area contributed by atoms with Gasteiger partial charge < -0.3 is 10.1 Å². The van der Waals surface area contributed by atoms with Gasteiger partial charge in [-0.1, -0.05) is 56.0 Å². The molecule has 2 rings (SSSR count). The second-order valence-corrected chi connectivity index (χ2v) is 6.11. The first kappa shape index (κ1) is 18.3. The molecule has 2 aromatic rings. The average molecular weight is 346 g/mol. The summed E-state index contributed by atoms with van der Waals surface area (Å²) >= 11 is 6.09. The van der Waals surface area contributed by atoms with Crippen LogP contribution in [0.1, 0.15) is 48.5 Å². The fourth-order valence-corrected chi connectivity index (χ4v) is 2.54. The Kier molecular flexibility index (Phi) is 7.63. The van der Waals surface area contributed by atoms with Crippen molar-refractivity contribution in [1.29, 1.82) is 0 Å². The van der Waals surface area contributed by atoms with Gasteiger partial charge in [0.05, 0.1) is 6.61 Å². The molecule has 1 N–H and O–H groups in total. The van der Waals surface area contributed by atoms with Crippen molar-refractivity contribution >= 4 is 17.5 Å². The van der Waals surface area contributed by atoms with E-state index in [-0.39, 0.29) is 5.91 Å². The van der Waals surface area contributed by atoms with Crippen LogP contribution in [0.4, 0.5) is 0 Å². The van der Waals surface area contributed by atoms with Gasteiger partial charge in [0.25, 0.3) is 5.91 Å². The third-order valence-corrected chi connectivity index (χ3v) is 4.15. The summed E-state index contributed by atoms with van der Waals surface area (Å²) in [7, 11) is 0. The second-order valence-electron chi connectivity index (χ2n) is 5.71. The highest BCUT2D eigenvalue weighted by Gasteiger charge is 2.07. The number of unbranched alkanes of at least 4 members (excludes halogenated alkanes) is 3. The Balaban J connectivity index is 1.79. The van der Waals surface area contributed by atoms with E-state index in [4.69, 9.17) is 16.3 Å². The van der Waals surface area contributed by atoms with Crippen molar-refractivity contribution in [3.05, 3.63) is 64.7 Å². The first-order valence-electron chi connectivity index (χ1n) is 8.45. The van der Waals surface area contributed by atoms with Crippen molar-refractivity contribution in [2.24, 2.45) is 0 Å². The molecule has 0 aliphatic rings. The largest absolute Gasteiger partial charge is 0.494 e. The third-order valence-electron chi connectivity index (χ3n) is 3.78. The lowest BCUT2D eigenvalue weighted by Gasteiger charge is -2.09.